The van der Waals surface area contributed by atoms with Gasteiger partial charge in [-0.3, -0.25) is 0 Å². The van der Waals surface area contributed by atoms with E-state index in [4.69, 9.17) is 0 Å². The lowest BCUT2D eigenvalue weighted by atomic mass is 10.0. The quantitative estimate of drug-likeness (QED) is 0.166. The molecule has 270 valence electrons. The molecular weight excluding hydrogens is 731 g/mol. The number of rotatable bonds is 6. The van der Waals surface area contributed by atoms with E-state index in [9.17, 15) is 0 Å². The second-order valence-corrected chi connectivity index (χ2v) is 16.4. The van der Waals surface area contributed by atoms with Crippen molar-refractivity contribution in [1.82, 2.24) is 0 Å². The Bertz CT molecular complexity index is 2880. The second kappa shape index (κ2) is 14.1. The largest absolute Gasteiger partial charge is 0.310 e. The Kier molecular flexibility index (Phi) is 8.34. The van der Waals surface area contributed by atoms with Crippen LogP contribution in [0.2, 0.25) is 0 Å². The van der Waals surface area contributed by atoms with Gasteiger partial charge in [-0.2, -0.15) is 0 Å². The van der Waals surface area contributed by atoms with Gasteiger partial charge in [-0.15, -0.1) is 0 Å². The molecule has 9 aromatic carbocycles. The van der Waals surface area contributed by atoms with E-state index in [0.29, 0.717) is 0 Å². The van der Waals surface area contributed by atoms with Crippen LogP contribution in [0.1, 0.15) is 0 Å². The Labute approximate surface area is 341 Å². The van der Waals surface area contributed by atoms with Crippen molar-refractivity contribution in [3.05, 3.63) is 212 Å². The van der Waals surface area contributed by atoms with E-state index >= 15 is 0 Å². The first-order chi connectivity index (χ1) is 28.3. The Balaban J connectivity index is 0.977. The van der Waals surface area contributed by atoms with Crippen molar-refractivity contribution in [1.29, 1.82) is 0 Å². The Hall–Kier alpha value is -6.66. The maximum Gasteiger partial charge on any atom is 0.0602 e. The lowest BCUT2D eigenvalue weighted by Gasteiger charge is -2.33. The molecule has 0 unspecified atom stereocenters. The van der Waals surface area contributed by atoms with Crippen LogP contribution in [-0.2, 0) is 0 Å². The van der Waals surface area contributed by atoms with Crippen molar-refractivity contribution >= 4 is 85.5 Å². The summed E-state index contributed by atoms with van der Waals surface area (Å²) in [6.07, 6.45) is 0. The van der Waals surface area contributed by atoms with Gasteiger partial charge < -0.3 is 14.7 Å². The van der Waals surface area contributed by atoms with E-state index in [1.165, 1.54) is 64.2 Å². The molecule has 5 heteroatoms. The monoisotopic (exact) mass is 765 g/mol. The minimum atomic E-state index is 1.10. The van der Waals surface area contributed by atoms with Gasteiger partial charge in [0.15, 0.2) is 0 Å². The maximum atomic E-state index is 2.39. The van der Waals surface area contributed by atoms with E-state index in [1.54, 1.807) is 0 Å². The van der Waals surface area contributed by atoms with Crippen LogP contribution < -0.4 is 14.7 Å². The van der Waals surface area contributed by atoms with Crippen LogP contribution in [-0.4, -0.2) is 0 Å². The predicted molar refractivity (Wildman–Crippen MR) is 242 cm³/mol. The first kappa shape index (κ1) is 33.7. The molecular formula is C52H35N3S2. The summed E-state index contributed by atoms with van der Waals surface area (Å²) in [5.74, 6) is 0. The highest BCUT2D eigenvalue weighted by Gasteiger charge is 2.26. The van der Waals surface area contributed by atoms with Crippen molar-refractivity contribution in [3.8, 4) is 11.1 Å². The number of anilines is 9. The van der Waals surface area contributed by atoms with Crippen molar-refractivity contribution in [2.75, 3.05) is 14.7 Å². The third kappa shape index (κ3) is 5.95. The van der Waals surface area contributed by atoms with Gasteiger partial charge in [-0.25, -0.2) is 0 Å². The molecule has 0 bridgehead atoms. The number of para-hydroxylation sites is 4. The van der Waals surface area contributed by atoms with Crippen LogP contribution in [0.25, 0.3) is 21.9 Å². The summed E-state index contributed by atoms with van der Waals surface area (Å²) in [4.78, 5) is 12.2. The predicted octanol–water partition coefficient (Wildman–Crippen LogP) is 15.8. The van der Waals surface area contributed by atoms with Crippen molar-refractivity contribution in [2.24, 2.45) is 0 Å². The Morgan fingerprint density at radius 1 is 0.333 bits per heavy atom. The number of hydrogen-bond acceptors (Lipinski definition) is 5. The maximum absolute atomic E-state index is 2.39. The number of benzene rings is 9. The summed E-state index contributed by atoms with van der Waals surface area (Å²) in [6.45, 7) is 0. The summed E-state index contributed by atoms with van der Waals surface area (Å²) < 4.78 is 0. The van der Waals surface area contributed by atoms with E-state index in [-0.39, 0.29) is 0 Å². The molecule has 0 aromatic heterocycles. The van der Waals surface area contributed by atoms with E-state index in [1.807, 2.05) is 23.5 Å². The van der Waals surface area contributed by atoms with Gasteiger partial charge in [0.05, 0.1) is 28.4 Å². The van der Waals surface area contributed by atoms with E-state index in [2.05, 4.69) is 227 Å². The Morgan fingerprint density at radius 3 is 1.46 bits per heavy atom. The molecule has 11 rings (SSSR count). The van der Waals surface area contributed by atoms with E-state index in [0.717, 1.165) is 28.4 Å². The smallest absolute Gasteiger partial charge is 0.0602 e. The van der Waals surface area contributed by atoms with Gasteiger partial charge >= 0.3 is 0 Å². The number of nitrogens with zero attached hydrogens (tertiary/aromatic N) is 3. The lowest BCUT2D eigenvalue weighted by molar-refractivity contribution is 1.16. The fourth-order valence-corrected chi connectivity index (χ4v) is 10.3. The molecule has 0 fully saturated rings. The summed E-state index contributed by atoms with van der Waals surface area (Å²) in [5.41, 5.74) is 12.8. The zero-order chi connectivity index (χ0) is 37.7. The molecule has 3 nitrogen and oxygen atoms in total. The summed E-state index contributed by atoms with van der Waals surface area (Å²) in [7, 11) is 0. The highest BCUT2D eigenvalue weighted by atomic mass is 32.2. The molecule has 0 amide bonds. The molecule has 0 atom stereocenters. The first-order valence-corrected chi connectivity index (χ1v) is 20.8. The van der Waals surface area contributed by atoms with Gasteiger partial charge in [0.1, 0.15) is 0 Å². The minimum absolute atomic E-state index is 1.10. The third-order valence-electron chi connectivity index (χ3n) is 10.8. The van der Waals surface area contributed by atoms with Gasteiger partial charge in [0.25, 0.3) is 0 Å². The standard InChI is InChI=1S/C52H35N3S2/c1-2-15-39(16-3-1)54-47-20-8-11-24-51(47)57-52-35-38(27-34-48(52)54)36-25-28-40(29-26-36)53(44-21-12-14-37-13-4-5-17-43(37)44)41-30-32-42(33-31-41)55-45-18-6-9-22-49(45)56-50-23-10-7-19-46(50)55/h1-35H. The number of fused-ring (bicyclic) bond motifs is 5. The average molecular weight is 766 g/mol. The SMILES string of the molecule is c1ccc(N2c3ccccc3Sc3cc(-c4ccc(N(c5ccc(N6c7ccccc7Sc7ccccc76)cc5)c5cccc6ccccc56)cc4)ccc32)cc1. The minimum Gasteiger partial charge on any atom is -0.310 e. The zero-order valence-electron chi connectivity index (χ0n) is 30.9. The average Bonchev–Trinajstić information content (AvgIpc) is 3.28. The molecule has 0 saturated carbocycles. The van der Waals surface area contributed by atoms with Crippen LogP contribution >= 0.6 is 23.5 Å². The van der Waals surface area contributed by atoms with Crippen molar-refractivity contribution in [3.63, 3.8) is 0 Å². The normalized spacial score (nSPS) is 12.7. The van der Waals surface area contributed by atoms with Crippen molar-refractivity contribution < 1.29 is 0 Å². The molecule has 57 heavy (non-hydrogen) atoms. The van der Waals surface area contributed by atoms with Crippen LogP contribution in [0.15, 0.2) is 232 Å². The van der Waals surface area contributed by atoms with Crippen LogP contribution in [0.5, 0.6) is 0 Å². The molecule has 0 N–H and O–H groups in total. The Morgan fingerprint density at radius 2 is 0.807 bits per heavy atom. The lowest BCUT2D eigenvalue weighted by Crippen LogP contribution is -2.15. The van der Waals surface area contributed by atoms with Crippen LogP contribution in [0, 0.1) is 0 Å². The van der Waals surface area contributed by atoms with Gasteiger partial charge in [0, 0.05) is 47.7 Å². The molecule has 0 saturated heterocycles. The highest BCUT2D eigenvalue weighted by Crippen LogP contribution is 2.53. The first-order valence-electron chi connectivity index (χ1n) is 19.2. The summed E-state index contributed by atoms with van der Waals surface area (Å²) in [6, 6.07) is 76.9. The van der Waals surface area contributed by atoms with Crippen molar-refractivity contribution in [2.45, 2.75) is 19.6 Å². The molecule has 2 heterocycles. The van der Waals surface area contributed by atoms with Crippen LogP contribution in [0.3, 0.4) is 0 Å². The molecule has 9 aromatic rings. The molecule has 0 spiro atoms. The third-order valence-corrected chi connectivity index (χ3v) is 13.0. The summed E-state index contributed by atoms with van der Waals surface area (Å²) in [5, 5.41) is 2.42. The fraction of sp³-hybridized carbons (Fsp3) is 0. The number of hydrogen-bond donors (Lipinski definition) is 0. The molecule has 0 radical (unpaired) electrons. The van der Waals surface area contributed by atoms with Gasteiger partial charge in [0.2, 0.25) is 0 Å². The van der Waals surface area contributed by atoms with Crippen LogP contribution in [0.4, 0.5) is 51.2 Å². The van der Waals surface area contributed by atoms with Gasteiger partial charge in [-0.05, 0) is 120 Å². The topological polar surface area (TPSA) is 9.72 Å². The highest BCUT2D eigenvalue weighted by molar-refractivity contribution is 8.00. The molecule has 0 aliphatic carbocycles. The van der Waals surface area contributed by atoms with E-state index < -0.39 is 0 Å². The molecule has 2 aliphatic heterocycles. The summed E-state index contributed by atoms with van der Waals surface area (Å²) >= 11 is 3.68. The second-order valence-electron chi connectivity index (χ2n) is 14.2. The fourth-order valence-electron chi connectivity index (χ4n) is 8.16. The van der Waals surface area contributed by atoms with Gasteiger partial charge in [-0.1, -0.05) is 133 Å². The zero-order valence-corrected chi connectivity index (χ0v) is 32.5. The molecule has 2 aliphatic rings.